The Morgan fingerprint density at radius 1 is 0.700 bits per heavy atom. The average Bonchev–Trinajstić information content (AvgIpc) is 3.10. The van der Waals surface area contributed by atoms with E-state index < -0.39 is 72.7 Å². The highest BCUT2D eigenvalue weighted by Crippen LogP contribution is 2.32. The monoisotopic (exact) mass is 689 g/mol. The third kappa shape index (κ3) is 10.1. The van der Waals surface area contributed by atoms with Gasteiger partial charge in [-0.05, 0) is 12.5 Å². The van der Waals surface area contributed by atoms with Gasteiger partial charge in [0, 0.05) is 31.9 Å². The van der Waals surface area contributed by atoms with E-state index in [4.69, 9.17) is 38.2 Å². The van der Waals surface area contributed by atoms with Gasteiger partial charge in [-0.2, -0.15) is 0 Å². The Kier molecular flexibility index (Phi) is 13.3. The molecule has 264 valence electrons. The molecule has 13 nitrogen and oxygen atoms in total. The second-order valence-corrected chi connectivity index (χ2v) is 11.3. The van der Waals surface area contributed by atoms with Gasteiger partial charge in [0.25, 0.3) is 0 Å². The first-order chi connectivity index (χ1) is 24.0. The lowest BCUT2D eigenvalue weighted by molar-refractivity contribution is -0.310. The normalized spacial score (nSPS) is 21.0. The summed E-state index contributed by atoms with van der Waals surface area (Å²) in [6.45, 7) is 4.71. The summed E-state index contributed by atoms with van der Waals surface area (Å²) in [5.74, 6) is -4.28. The number of methoxy groups -OCH3 is 1. The first kappa shape index (κ1) is 37.4. The van der Waals surface area contributed by atoms with Crippen LogP contribution in [0.25, 0.3) is 0 Å². The maximum absolute atomic E-state index is 13.9. The van der Waals surface area contributed by atoms with E-state index in [0.717, 1.165) is 33.4 Å². The Balaban J connectivity index is 1.78. The Morgan fingerprint density at radius 2 is 1.18 bits per heavy atom. The molecule has 50 heavy (non-hydrogen) atoms. The molecule has 0 amide bonds. The fourth-order valence-electron chi connectivity index (χ4n) is 5.29. The Hall–Kier alpha value is -5.40. The van der Waals surface area contributed by atoms with E-state index in [2.05, 4.69) is 0 Å². The van der Waals surface area contributed by atoms with Crippen molar-refractivity contribution in [2.75, 3.05) is 7.11 Å². The minimum Gasteiger partial charge on any atom is -0.467 e. The van der Waals surface area contributed by atoms with Crippen LogP contribution in [0.2, 0.25) is 0 Å². The van der Waals surface area contributed by atoms with E-state index in [1.165, 1.54) is 6.92 Å². The average molecular weight is 690 g/mol. The molecule has 0 bridgehead atoms. The van der Waals surface area contributed by atoms with Gasteiger partial charge in [0.2, 0.25) is 0 Å². The lowest BCUT2D eigenvalue weighted by Gasteiger charge is -2.44. The van der Waals surface area contributed by atoms with Crippen molar-refractivity contribution in [3.63, 3.8) is 0 Å². The molecule has 1 fully saturated rings. The number of carbonyl (C=O) groups excluding carboxylic acids is 5. The number of hydrogen-bond acceptors (Lipinski definition) is 13. The number of benzene rings is 3. The standard InChI is InChI=1S/C37H39NO12/c1-22(46-37-34(49-25(4)41)32(48-24(3)40)31(47-23(2)39)33(50-37)36(43)44-5)29(35(42)45-21-26-15-9-6-10-16-26)38-30(27-17-11-7-12-18-27)28-19-13-8-14-20-28/h6-20,22,29,31-34,37H,21H2,1-5H3/t22-,29+,31+,32+,33+,34-,37-/m1/s1. The molecule has 0 spiro atoms. The summed E-state index contributed by atoms with van der Waals surface area (Å²) < 4.78 is 39.1. The minimum absolute atomic E-state index is 0.0660. The molecule has 0 saturated carbocycles. The number of hydrogen-bond donors (Lipinski definition) is 0. The molecule has 1 heterocycles. The third-order valence-corrected chi connectivity index (χ3v) is 7.46. The fraction of sp³-hybridized carbons (Fsp3) is 0.351. The molecule has 13 heteroatoms. The van der Waals surface area contributed by atoms with Crippen LogP contribution in [0.3, 0.4) is 0 Å². The third-order valence-electron chi connectivity index (χ3n) is 7.46. The molecule has 4 rings (SSSR count). The van der Waals surface area contributed by atoms with Gasteiger partial charge in [-0.3, -0.25) is 19.4 Å². The first-order valence-corrected chi connectivity index (χ1v) is 15.8. The zero-order chi connectivity index (χ0) is 36.2. The number of rotatable bonds is 13. The Labute approximate surface area is 289 Å². The van der Waals surface area contributed by atoms with Crippen molar-refractivity contribution >= 4 is 35.6 Å². The maximum atomic E-state index is 13.9. The quantitative estimate of drug-likeness (QED) is 0.145. The van der Waals surface area contributed by atoms with Crippen LogP contribution in [0.1, 0.15) is 44.4 Å². The summed E-state index contributed by atoms with van der Waals surface area (Å²) in [7, 11) is 1.08. The van der Waals surface area contributed by atoms with Crippen molar-refractivity contribution in [1.82, 2.24) is 0 Å². The van der Waals surface area contributed by atoms with Crippen molar-refractivity contribution < 1.29 is 57.1 Å². The van der Waals surface area contributed by atoms with Gasteiger partial charge < -0.3 is 33.2 Å². The largest absolute Gasteiger partial charge is 0.467 e. The van der Waals surface area contributed by atoms with E-state index in [1.54, 1.807) is 12.1 Å². The van der Waals surface area contributed by atoms with Crippen LogP contribution in [0, 0.1) is 0 Å². The summed E-state index contributed by atoms with van der Waals surface area (Å²) >= 11 is 0. The van der Waals surface area contributed by atoms with Crippen LogP contribution in [0.4, 0.5) is 0 Å². The van der Waals surface area contributed by atoms with Crippen molar-refractivity contribution in [3.8, 4) is 0 Å². The fourth-order valence-corrected chi connectivity index (χ4v) is 5.29. The molecule has 1 saturated heterocycles. The topological polar surface area (TPSA) is 162 Å². The van der Waals surface area contributed by atoms with Gasteiger partial charge in [-0.25, -0.2) is 9.59 Å². The SMILES string of the molecule is COC(=O)[C@H]1O[C@@H](O[C@H](C)[C@H](N=C(c2ccccc2)c2ccccc2)C(=O)OCc2ccccc2)[C@H](OC(C)=O)[C@@H](OC(C)=O)[C@@H]1OC(C)=O. The predicted octanol–water partition coefficient (Wildman–Crippen LogP) is 3.73. The zero-order valence-corrected chi connectivity index (χ0v) is 28.3. The molecule has 0 aliphatic carbocycles. The van der Waals surface area contributed by atoms with Gasteiger partial charge in [0.15, 0.2) is 36.7 Å². The molecule has 0 unspecified atom stereocenters. The van der Waals surface area contributed by atoms with Crippen LogP contribution in [0.5, 0.6) is 0 Å². The van der Waals surface area contributed by atoms with E-state index in [-0.39, 0.29) is 6.61 Å². The summed E-state index contributed by atoms with van der Waals surface area (Å²) in [6, 6.07) is 26.1. The van der Waals surface area contributed by atoms with Crippen LogP contribution < -0.4 is 0 Å². The van der Waals surface area contributed by atoms with Crippen molar-refractivity contribution in [3.05, 3.63) is 108 Å². The van der Waals surface area contributed by atoms with Gasteiger partial charge in [-0.1, -0.05) is 91.0 Å². The molecular weight excluding hydrogens is 650 g/mol. The minimum atomic E-state index is -1.69. The van der Waals surface area contributed by atoms with E-state index in [9.17, 15) is 24.0 Å². The molecule has 3 aromatic rings. The highest BCUT2D eigenvalue weighted by molar-refractivity contribution is 6.13. The number of nitrogens with zero attached hydrogens (tertiary/aromatic N) is 1. The molecule has 1 aliphatic rings. The number of ether oxygens (including phenoxy) is 7. The van der Waals surface area contributed by atoms with E-state index >= 15 is 0 Å². The maximum Gasteiger partial charge on any atom is 0.339 e. The van der Waals surface area contributed by atoms with Crippen LogP contribution in [-0.4, -0.2) is 85.5 Å². The van der Waals surface area contributed by atoms with Gasteiger partial charge >= 0.3 is 29.8 Å². The van der Waals surface area contributed by atoms with E-state index in [0.29, 0.717) is 16.8 Å². The molecule has 3 aromatic carbocycles. The van der Waals surface area contributed by atoms with Crippen molar-refractivity contribution in [1.29, 1.82) is 0 Å². The number of esters is 5. The second kappa shape index (κ2) is 17.8. The van der Waals surface area contributed by atoms with Gasteiger partial charge in [0.1, 0.15) is 6.61 Å². The van der Waals surface area contributed by atoms with E-state index in [1.807, 2.05) is 78.9 Å². The van der Waals surface area contributed by atoms with Crippen LogP contribution in [-0.2, 0) is 63.7 Å². The predicted molar refractivity (Wildman–Crippen MR) is 176 cm³/mol. The first-order valence-electron chi connectivity index (χ1n) is 15.8. The van der Waals surface area contributed by atoms with Crippen LogP contribution >= 0.6 is 0 Å². The second-order valence-electron chi connectivity index (χ2n) is 11.3. The highest BCUT2D eigenvalue weighted by atomic mass is 16.7. The van der Waals surface area contributed by atoms with Crippen molar-refractivity contribution in [2.24, 2.45) is 4.99 Å². The molecule has 7 atom stereocenters. The summed E-state index contributed by atoms with van der Waals surface area (Å²) in [6.07, 6.45) is -9.27. The smallest absolute Gasteiger partial charge is 0.339 e. The van der Waals surface area contributed by atoms with Crippen molar-refractivity contribution in [2.45, 2.75) is 77.2 Å². The molecule has 0 aromatic heterocycles. The Morgan fingerprint density at radius 3 is 1.68 bits per heavy atom. The number of carbonyl (C=O) groups is 5. The summed E-state index contributed by atoms with van der Waals surface area (Å²) in [5.41, 5.74) is 2.58. The lowest BCUT2D eigenvalue weighted by atomic mass is 9.97. The zero-order valence-electron chi connectivity index (χ0n) is 28.3. The Bertz CT molecular complexity index is 1610. The lowest BCUT2D eigenvalue weighted by Crippen LogP contribution is -2.64. The highest BCUT2D eigenvalue weighted by Gasteiger charge is 2.56. The summed E-state index contributed by atoms with van der Waals surface area (Å²) in [4.78, 5) is 68.4. The summed E-state index contributed by atoms with van der Waals surface area (Å²) in [5, 5.41) is 0. The number of aliphatic imine (C=N–C) groups is 1. The molecule has 1 aliphatic heterocycles. The molecule has 0 radical (unpaired) electrons. The molecular formula is C37H39NO12. The molecule has 0 N–H and O–H groups in total. The van der Waals surface area contributed by atoms with Gasteiger partial charge in [0.05, 0.1) is 18.9 Å². The van der Waals surface area contributed by atoms with Crippen LogP contribution in [0.15, 0.2) is 96.0 Å². The van der Waals surface area contributed by atoms with Gasteiger partial charge in [-0.15, -0.1) is 0 Å².